The Morgan fingerprint density at radius 3 is 2.34 bits per heavy atom. The number of rotatable bonds is 16. The summed E-state index contributed by atoms with van der Waals surface area (Å²) in [6.45, 7) is 0.403. The van der Waals surface area contributed by atoms with Gasteiger partial charge in [-0.3, -0.25) is 9.59 Å². The molecule has 1 aliphatic rings. The van der Waals surface area contributed by atoms with Gasteiger partial charge in [0.05, 0.1) is 30.2 Å². The molecule has 0 aliphatic carbocycles. The first-order valence-electron chi connectivity index (χ1n) is 17.9. The number of anilines is 2. The monoisotopic (exact) mass is 734 g/mol. The minimum absolute atomic E-state index is 0.00802. The van der Waals surface area contributed by atoms with Crippen LogP contribution in [0, 0.1) is 0 Å². The third kappa shape index (κ3) is 10.5. The summed E-state index contributed by atoms with van der Waals surface area (Å²) < 4.78 is 15.0. The normalized spacial score (nSPS) is 17.0. The van der Waals surface area contributed by atoms with E-state index in [1.807, 2.05) is 78.3 Å². The first-order chi connectivity index (χ1) is 25.9. The number of hydrogen-bond donors (Lipinski definition) is 4. The van der Waals surface area contributed by atoms with Gasteiger partial charge in [0.2, 0.25) is 11.8 Å². The van der Waals surface area contributed by atoms with Crippen molar-refractivity contribution in [3.63, 3.8) is 0 Å². The summed E-state index contributed by atoms with van der Waals surface area (Å²) in [7, 11) is 1.92. The number of carbonyl (C=O) groups excluding carboxylic acids is 2. The zero-order valence-electron chi connectivity index (χ0n) is 29.8. The second kappa shape index (κ2) is 18.7. The number of nitrogen functional groups attached to an aromatic ring is 1. The zero-order chi connectivity index (χ0) is 37.0. The molecule has 12 heteroatoms. The van der Waals surface area contributed by atoms with Gasteiger partial charge < -0.3 is 35.5 Å². The number of aliphatic hydroxyl groups excluding tert-OH is 1. The van der Waals surface area contributed by atoms with Crippen molar-refractivity contribution in [2.24, 2.45) is 7.05 Å². The van der Waals surface area contributed by atoms with Crippen LogP contribution in [-0.2, 0) is 39.3 Å². The Morgan fingerprint density at radius 1 is 0.887 bits per heavy atom. The van der Waals surface area contributed by atoms with Gasteiger partial charge in [-0.2, -0.15) is 0 Å². The lowest BCUT2D eigenvalue weighted by Crippen LogP contribution is -2.31. The molecule has 6 rings (SSSR count). The van der Waals surface area contributed by atoms with Crippen LogP contribution in [-0.4, -0.2) is 43.5 Å². The summed E-state index contributed by atoms with van der Waals surface area (Å²) in [6.07, 6.45) is 4.47. The van der Waals surface area contributed by atoms with Gasteiger partial charge in [0, 0.05) is 44.2 Å². The number of hydrogen-bond acceptors (Lipinski definition) is 9. The summed E-state index contributed by atoms with van der Waals surface area (Å²) in [5.41, 5.74) is 12.9. The Labute approximate surface area is 314 Å². The molecule has 2 amide bonds. The van der Waals surface area contributed by atoms with E-state index in [1.54, 1.807) is 30.2 Å². The summed E-state index contributed by atoms with van der Waals surface area (Å²) >= 11 is 1.60. The first kappa shape index (κ1) is 37.7. The lowest BCUT2D eigenvalue weighted by atomic mass is 9.97. The van der Waals surface area contributed by atoms with E-state index in [1.165, 1.54) is 0 Å². The highest BCUT2D eigenvalue weighted by Crippen LogP contribution is 2.40. The van der Waals surface area contributed by atoms with Crippen molar-refractivity contribution in [1.82, 2.24) is 20.1 Å². The Balaban J connectivity index is 1.02. The quantitative estimate of drug-likeness (QED) is 0.0472. The second-order valence-corrected chi connectivity index (χ2v) is 14.1. The van der Waals surface area contributed by atoms with E-state index in [4.69, 9.17) is 15.2 Å². The molecule has 0 radical (unpaired) electrons. The number of ether oxygens (including phenoxy) is 2. The molecule has 0 unspecified atom stereocenters. The molecular formula is C41H46N6O5S. The first-order valence-corrected chi connectivity index (χ1v) is 18.9. The minimum atomic E-state index is -0.572. The molecule has 0 saturated carbocycles. The highest BCUT2D eigenvalue weighted by atomic mass is 32.2. The van der Waals surface area contributed by atoms with Gasteiger partial charge in [0.15, 0.2) is 11.4 Å². The van der Waals surface area contributed by atoms with Crippen LogP contribution in [0.4, 0.5) is 11.4 Å². The van der Waals surface area contributed by atoms with E-state index in [9.17, 15) is 14.7 Å². The van der Waals surface area contributed by atoms with Crippen LogP contribution in [0.25, 0.3) is 11.1 Å². The van der Waals surface area contributed by atoms with E-state index in [0.29, 0.717) is 55.8 Å². The molecule has 3 atom stereocenters. The van der Waals surface area contributed by atoms with Gasteiger partial charge in [0.25, 0.3) is 0 Å². The molecule has 2 heterocycles. The molecular weight excluding hydrogens is 689 g/mol. The fourth-order valence-corrected chi connectivity index (χ4v) is 7.13. The summed E-state index contributed by atoms with van der Waals surface area (Å²) in [4.78, 5) is 25.0. The van der Waals surface area contributed by atoms with Crippen molar-refractivity contribution < 1.29 is 24.2 Å². The zero-order valence-corrected chi connectivity index (χ0v) is 30.6. The maximum absolute atomic E-state index is 12.7. The van der Waals surface area contributed by atoms with E-state index in [2.05, 4.69) is 39.0 Å². The van der Waals surface area contributed by atoms with Crippen molar-refractivity contribution in [3.8, 4) is 11.1 Å². The standard InChI is InChI=1S/C41H46N6O5S/c1-47-27-44-46-41(47)53-26-33-23-37(30-17-15-28(25-48)16-18-30)52-40(51-33)31-21-19-29(20-22-31)34-10-6-5-9-32(34)24-43-38(49)13-3-2-4-14-39(50)45-36-12-8-7-11-35(36)42/h5-12,15-22,27,33,37,40,48H,2-4,13-14,23-26,42H2,1H3,(H,43,49)(H,45,50)/t33-,37+,40+/m0/s1. The smallest absolute Gasteiger partial charge is 0.224 e. The van der Waals surface area contributed by atoms with Crippen molar-refractivity contribution in [2.75, 3.05) is 16.8 Å². The Morgan fingerprint density at radius 2 is 1.60 bits per heavy atom. The largest absolute Gasteiger partial charge is 0.397 e. The van der Waals surface area contributed by atoms with Crippen molar-refractivity contribution in [3.05, 3.63) is 126 Å². The molecule has 4 aromatic carbocycles. The molecule has 0 bridgehead atoms. The van der Waals surface area contributed by atoms with Crippen LogP contribution in [0.15, 0.2) is 109 Å². The predicted molar refractivity (Wildman–Crippen MR) is 206 cm³/mol. The number of amides is 2. The van der Waals surface area contributed by atoms with E-state index < -0.39 is 6.29 Å². The molecule has 5 N–H and O–H groups in total. The summed E-state index contributed by atoms with van der Waals surface area (Å²) in [5, 5.41) is 24.5. The Hall–Kier alpha value is -5.01. The van der Waals surface area contributed by atoms with Crippen LogP contribution in [0.5, 0.6) is 0 Å². The Bertz CT molecular complexity index is 1950. The van der Waals surface area contributed by atoms with Gasteiger partial charge in [-0.25, -0.2) is 0 Å². The molecule has 53 heavy (non-hydrogen) atoms. The van der Waals surface area contributed by atoms with Crippen molar-refractivity contribution in [2.45, 2.75) is 75.3 Å². The number of nitrogens with two attached hydrogens (primary N) is 1. The topological polar surface area (TPSA) is 154 Å². The van der Waals surface area contributed by atoms with Crippen LogP contribution in [0.1, 0.15) is 73.2 Å². The average Bonchev–Trinajstić information content (AvgIpc) is 3.61. The molecule has 0 spiro atoms. The number of para-hydroxylation sites is 2. The fraction of sp³-hybridized carbons (Fsp3) is 0.317. The number of aromatic nitrogens is 3. The highest BCUT2D eigenvalue weighted by molar-refractivity contribution is 7.99. The maximum atomic E-state index is 12.7. The molecule has 5 aromatic rings. The number of nitrogens with zero attached hydrogens (tertiary/aromatic N) is 3. The average molecular weight is 735 g/mol. The minimum Gasteiger partial charge on any atom is -0.397 e. The predicted octanol–water partition coefficient (Wildman–Crippen LogP) is 7.10. The van der Waals surface area contributed by atoms with E-state index in [0.717, 1.165) is 45.0 Å². The van der Waals surface area contributed by atoms with Crippen LogP contribution < -0.4 is 16.4 Å². The Kier molecular flexibility index (Phi) is 13.3. The second-order valence-electron chi connectivity index (χ2n) is 13.1. The number of benzene rings is 4. The van der Waals surface area contributed by atoms with Crippen molar-refractivity contribution >= 4 is 35.0 Å². The molecule has 1 fully saturated rings. The van der Waals surface area contributed by atoms with Gasteiger partial charge >= 0.3 is 0 Å². The third-order valence-corrected chi connectivity index (χ3v) is 10.4. The number of unbranched alkanes of at least 4 members (excludes halogenated alkanes) is 2. The molecule has 1 aromatic heterocycles. The van der Waals surface area contributed by atoms with Gasteiger partial charge in [-0.1, -0.05) is 103 Å². The van der Waals surface area contributed by atoms with Gasteiger partial charge in [0.1, 0.15) is 6.33 Å². The number of carbonyl (C=O) groups is 2. The SMILES string of the molecule is Cn1cnnc1SC[C@@H]1C[C@H](c2ccc(CO)cc2)O[C@H](c2ccc(-c3ccccc3CNC(=O)CCCCCC(=O)Nc3ccccc3N)cc2)O1. The third-order valence-electron chi connectivity index (χ3n) is 9.21. The molecule has 276 valence electrons. The number of aryl methyl sites for hydroxylation is 1. The van der Waals surface area contributed by atoms with E-state index >= 15 is 0 Å². The van der Waals surface area contributed by atoms with Crippen molar-refractivity contribution in [1.29, 1.82) is 0 Å². The highest BCUT2D eigenvalue weighted by Gasteiger charge is 2.32. The lowest BCUT2D eigenvalue weighted by Gasteiger charge is -2.36. The summed E-state index contributed by atoms with van der Waals surface area (Å²) in [5.74, 6) is 0.593. The molecule has 11 nitrogen and oxygen atoms in total. The molecule has 1 aliphatic heterocycles. The molecule has 1 saturated heterocycles. The van der Waals surface area contributed by atoms with Gasteiger partial charge in [-0.05, 0) is 52.8 Å². The number of aliphatic hydroxyl groups is 1. The summed E-state index contributed by atoms with van der Waals surface area (Å²) in [6, 6.07) is 31.3. The van der Waals surface area contributed by atoms with Gasteiger partial charge in [-0.15, -0.1) is 10.2 Å². The van der Waals surface area contributed by atoms with E-state index in [-0.39, 0.29) is 30.6 Å². The number of thioether (sulfide) groups is 1. The fourth-order valence-electron chi connectivity index (χ4n) is 6.22. The maximum Gasteiger partial charge on any atom is 0.224 e. The van der Waals surface area contributed by atoms with Crippen LogP contribution in [0.2, 0.25) is 0 Å². The lowest BCUT2D eigenvalue weighted by molar-refractivity contribution is -0.245. The number of nitrogens with one attached hydrogen (secondary N) is 2. The van der Waals surface area contributed by atoms with Crippen LogP contribution >= 0.6 is 11.8 Å². The van der Waals surface area contributed by atoms with Crippen LogP contribution in [0.3, 0.4) is 0 Å².